The van der Waals surface area contributed by atoms with Crippen molar-refractivity contribution in [1.29, 1.82) is 0 Å². The van der Waals surface area contributed by atoms with Crippen LogP contribution in [0.25, 0.3) is 11.3 Å². The van der Waals surface area contributed by atoms with Crippen LogP contribution in [0.2, 0.25) is 5.02 Å². The summed E-state index contributed by atoms with van der Waals surface area (Å²) in [6, 6.07) is 5.18. The number of amides is 1. The molecule has 0 fully saturated rings. The number of nitrogens with one attached hydrogen (secondary N) is 1. The van der Waals surface area contributed by atoms with Crippen molar-refractivity contribution in [3.8, 4) is 17.0 Å². The van der Waals surface area contributed by atoms with Gasteiger partial charge in [0.1, 0.15) is 17.4 Å². The van der Waals surface area contributed by atoms with Gasteiger partial charge in [0.05, 0.1) is 28.2 Å². The first kappa shape index (κ1) is 22.4. The largest absolute Gasteiger partial charge is 0.480 e. The summed E-state index contributed by atoms with van der Waals surface area (Å²) in [5, 5.41) is 1.98. The Morgan fingerprint density at radius 3 is 2.52 bits per heavy atom. The van der Waals surface area contributed by atoms with Gasteiger partial charge in [-0.05, 0) is 31.2 Å². The smallest absolute Gasteiger partial charge is 0.425 e. The number of rotatable bonds is 5. The van der Waals surface area contributed by atoms with E-state index in [1.807, 2.05) is 0 Å². The van der Waals surface area contributed by atoms with Crippen LogP contribution < -0.4 is 10.1 Å². The summed E-state index contributed by atoms with van der Waals surface area (Å²) in [4.78, 5) is 20.4. The van der Waals surface area contributed by atoms with E-state index in [-0.39, 0.29) is 16.3 Å². The Kier molecular flexibility index (Phi) is 6.40. The van der Waals surface area contributed by atoms with Crippen molar-refractivity contribution >= 4 is 23.2 Å². The molecule has 5 nitrogen and oxygen atoms in total. The molecule has 1 amide bonds. The highest BCUT2D eigenvalue weighted by atomic mass is 35.5. The minimum absolute atomic E-state index is 0.00798. The van der Waals surface area contributed by atoms with Crippen LogP contribution in [-0.4, -0.2) is 28.2 Å². The van der Waals surface area contributed by atoms with Crippen LogP contribution in [0.1, 0.15) is 17.3 Å². The topological polar surface area (TPSA) is 64.1 Å². The number of para-hydroxylation sites is 1. The number of ether oxygens (including phenoxy) is 1. The summed E-state index contributed by atoms with van der Waals surface area (Å²) < 4.78 is 72.7. The van der Waals surface area contributed by atoms with Gasteiger partial charge in [-0.15, -0.1) is 0 Å². The van der Waals surface area contributed by atoms with E-state index in [0.29, 0.717) is 6.07 Å². The molecule has 162 valence electrons. The lowest BCUT2D eigenvalue weighted by Gasteiger charge is -2.20. The monoisotopic (exact) mass is 457 g/mol. The van der Waals surface area contributed by atoms with E-state index in [2.05, 4.69) is 15.3 Å². The first-order valence-electron chi connectivity index (χ1n) is 8.66. The van der Waals surface area contributed by atoms with E-state index in [1.165, 1.54) is 30.7 Å². The van der Waals surface area contributed by atoms with Gasteiger partial charge in [0, 0.05) is 18.0 Å². The average Bonchev–Trinajstić information content (AvgIpc) is 2.71. The Labute approximate surface area is 177 Å². The molecule has 3 rings (SSSR count). The highest BCUT2D eigenvalue weighted by Gasteiger charge is 2.39. The molecule has 0 aliphatic rings. The van der Waals surface area contributed by atoms with E-state index in [1.54, 1.807) is 0 Å². The maximum Gasteiger partial charge on any atom is 0.425 e. The Morgan fingerprint density at radius 1 is 1.16 bits per heavy atom. The first-order chi connectivity index (χ1) is 14.6. The van der Waals surface area contributed by atoms with Gasteiger partial charge in [0.15, 0.2) is 6.10 Å². The summed E-state index contributed by atoms with van der Waals surface area (Å²) in [7, 11) is 0. The maximum atomic E-state index is 14.7. The summed E-state index contributed by atoms with van der Waals surface area (Å²) in [5.74, 6) is -3.57. The molecule has 31 heavy (non-hydrogen) atoms. The van der Waals surface area contributed by atoms with Crippen molar-refractivity contribution in [2.45, 2.75) is 19.2 Å². The third-order valence-electron chi connectivity index (χ3n) is 4.12. The average molecular weight is 458 g/mol. The minimum Gasteiger partial charge on any atom is -0.480 e. The van der Waals surface area contributed by atoms with Crippen LogP contribution in [0, 0.1) is 11.6 Å². The lowest BCUT2D eigenvalue weighted by molar-refractivity contribution is -0.189. The van der Waals surface area contributed by atoms with Crippen LogP contribution in [-0.2, 0) is 0 Å². The zero-order valence-electron chi connectivity index (χ0n) is 15.7. The molecule has 0 aliphatic heterocycles. The molecule has 0 saturated carbocycles. The highest BCUT2D eigenvalue weighted by Crippen LogP contribution is 2.34. The number of anilines is 1. The lowest BCUT2D eigenvalue weighted by atomic mass is 10.1. The molecule has 0 unspecified atom stereocenters. The van der Waals surface area contributed by atoms with Crippen LogP contribution in [0.4, 0.5) is 27.6 Å². The van der Waals surface area contributed by atoms with E-state index < -0.39 is 46.8 Å². The standard InChI is InChI=1S/C20H13ClF5N3O2/c1-10(20(24,25)26)31-17-8-11(16-9-27-5-6-28-16)15(23)7-12(17)19(30)29-18-13(21)3-2-4-14(18)22/h2-10H,1H3,(H,29,30)/t10-/m0/s1. The molecule has 0 bridgehead atoms. The molecule has 0 spiro atoms. The second-order valence-electron chi connectivity index (χ2n) is 6.27. The van der Waals surface area contributed by atoms with Crippen LogP contribution in [0.15, 0.2) is 48.9 Å². The number of aromatic nitrogens is 2. The van der Waals surface area contributed by atoms with Crippen molar-refractivity contribution in [2.75, 3.05) is 5.32 Å². The van der Waals surface area contributed by atoms with Crippen LogP contribution in [0.5, 0.6) is 5.75 Å². The highest BCUT2D eigenvalue weighted by molar-refractivity contribution is 6.34. The van der Waals surface area contributed by atoms with E-state index in [0.717, 1.165) is 19.1 Å². The molecular formula is C20H13ClF5N3O2. The Balaban J connectivity index is 2.07. The fourth-order valence-electron chi connectivity index (χ4n) is 2.52. The quantitative estimate of drug-likeness (QED) is 0.502. The molecule has 3 aromatic rings. The number of halogens is 6. The lowest BCUT2D eigenvalue weighted by Crippen LogP contribution is -2.32. The molecule has 1 N–H and O–H groups in total. The molecule has 0 radical (unpaired) electrons. The molecule has 11 heteroatoms. The third kappa shape index (κ3) is 5.08. The molecular weight excluding hydrogens is 445 g/mol. The fraction of sp³-hybridized carbons (Fsp3) is 0.150. The molecule has 2 aromatic carbocycles. The van der Waals surface area contributed by atoms with Gasteiger partial charge in [0.25, 0.3) is 5.91 Å². The second kappa shape index (κ2) is 8.84. The van der Waals surface area contributed by atoms with Crippen molar-refractivity contribution in [3.05, 3.63) is 71.1 Å². The maximum absolute atomic E-state index is 14.7. The van der Waals surface area contributed by atoms with Gasteiger partial charge in [0.2, 0.25) is 0 Å². The van der Waals surface area contributed by atoms with Gasteiger partial charge in [-0.2, -0.15) is 13.2 Å². The summed E-state index contributed by atoms with van der Waals surface area (Å²) in [5.41, 5.74) is -1.24. The Morgan fingerprint density at radius 2 is 1.90 bits per heavy atom. The number of benzene rings is 2. The van der Waals surface area contributed by atoms with E-state index in [4.69, 9.17) is 16.3 Å². The number of carbonyl (C=O) groups is 1. The van der Waals surface area contributed by atoms with Crippen molar-refractivity contribution in [2.24, 2.45) is 0 Å². The van der Waals surface area contributed by atoms with Crippen molar-refractivity contribution in [1.82, 2.24) is 9.97 Å². The molecule has 1 aromatic heterocycles. The zero-order valence-corrected chi connectivity index (χ0v) is 16.4. The second-order valence-corrected chi connectivity index (χ2v) is 6.68. The Hall–Kier alpha value is -3.27. The molecule has 0 saturated heterocycles. The van der Waals surface area contributed by atoms with Crippen molar-refractivity contribution < 1.29 is 31.5 Å². The zero-order chi connectivity index (χ0) is 22.8. The van der Waals surface area contributed by atoms with E-state index in [9.17, 15) is 26.7 Å². The number of hydrogen-bond acceptors (Lipinski definition) is 4. The summed E-state index contributed by atoms with van der Waals surface area (Å²) >= 11 is 5.86. The predicted octanol–water partition coefficient (Wildman–Crippen LogP) is 5.66. The van der Waals surface area contributed by atoms with E-state index >= 15 is 0 Å². The minimum atomic E-state index is -4.76. The third-order valence-corrected chi connectivity index (χ3v) is 4.43. The number of nitrogens with zero attached hydrogens (tertiary/aromatic N) is 2. The Bertz CT molecular complexity index is 1090. The van der Waals surface area contributed by atoms with Gasteiger partial charge < -0.3 is 10.1 Å². The number of carbonyl (C=O) groups excluding carboxylic acids is 1. The van der Waals surface area contributed by atoms with Gasteiger partial charge in [-0.25, -0.2) is 8.78 Å². The predicted molar refractivity (Wildman–Crippen MR) is 103 cm³/mol. The number of hydrogen-bond donors (Lipinski definition) is 1. The van der Waals surface area contributed by atoms with Crippen LogP contribution in [0.3, 0.4) is 0 Å². The van der Waals surface area contributed by atoms with Gasteiger partial charge >= 0.3 is 6.18 Å². The first-order valence-corrected chi connectivity index (χ1v) is 9.04. The van der Waals surface area contributed by atoms with Gasteiger partial charge in [-0.3, -0.25) is 14.8 Å². The normalized spacial score (nSPS) is 12.4. The molecule has 0 aliphatic carbocycles. The van der Waals surface area contributed by atoms with Crippen LogP contribution >= 0.6 is 11.6 Å². The summed E-state index contributed by atoms with van der Waals surface area (Å²) in [6.07, 6.45) is -3.31. The molecule has 1 heterocycles. The fourth-order valence-corrected chi connectivity index (χ4v) is 2.73. The SMILES string of the molecule is C[C@H](Oc1cc(-c2cnccn2)c(F)cc1C(=O)Nc1c(F)cccc1Cl)C(F)(F)F. The molecule has 1 atom stereocenters. The van der Waals surface area contributed by atoms with Gasteiger partial charge in [-0.1, -0.05) is 17.7 Å². The number of alkyl halides is 3. The van der Waals surface area contributed by atoms with Crippen molar-refractivity contribution in [3.63, 3.8) is 0 Å². The summed E-state index contributed by atoms with van der Waals surface area (Å²) in [6.45, 7) is 0.723.